The lowest BCUT2D eigenvalue weighted by Gasteiger charge is -2.23. The van der Waals surface area contributed by atoms with Crippen molar-refractivity contribution in [1.29, 1.82) is 0 Å². The fourth-order valence-electron chi connectivity index (χ4n) is 1.87. The van der Waals surface area contributed by atoms with Gasteiger partial charge < -0.3 is 16.8 Å². The van der Waals surface area contributed by atoms with Crippen molar-refractivity contribution in [1.82, 2.24) is 15.3 Å². The van der Waals surface area contributed by atoms with Gasteiger partial charge in [-0.2, -0.15) is 4.98 Å². The van der Waals surface area contributed by atoms with Crippen LogP contribution >= 0.6 is 12.4 Å². The Labute approximate surface area is 95.1 Å². The highest BCUT2D eigenvalue weighted by Gasteiger charge is 2.18. The number of nitrogens with one attached hydrogen (secondary N) is 1. The van der Waals surface area contributed by atoms with Crippen molar-refractivity contribution in [3.63, 3.8) is 0 Å². The second kappa shape index (κ2) is 5.14. The minimum atomic E-state index is 0. The number of halogens is 1. The number of anilines is 2. The number of nitrogens with two attached hydrogens (primary N) is 2. The maximum absolute atomic E-state index is 5.80. The number of hydrogen-bond donors (Lipinski definition) is 3. The van der Waals surface area contributed by atoms with Crippen molar-refractivity contribution in [2.45, 2.75) is 18.8 Å². The lowest BCUT2D eigenvalue weighted by Crippen LogP contribution is -2.27. The third kappa shape index (κ3) is 2.70. The number of piperidine rings is 1. The number of hydrogen-bond acceptors (Lipinski definition) is 5. The molecule has 0 amide bonds. The van der Waals surface area contributed by atoms with Crippen LogP contribution < -0.4 is 16.8 Å². The summed E-state index contributed by atoms with van der Waals surface area (Å²) >= 11 is 0. The quantitative estimate of drug-likeness (QED) is 0.654. The van der Waals surface area contributed by atoms with E-state index in [1.54, 1.807) is 6.20 Å². The molecule has 6 heteroatoms. The number of rotatable bonds is 1. The molecule has 2 rings (SSSR count). The monoisotopic (exact) mass is 229 g/mol. The molecule has 1 aliphatic rings. The molecule has 0 unspecified atom stereocenters. The van der Waals surface area contributed by atoms with Crippen LogP contribution in [0, 0.1) is 0 Å². The normalized spacial score (nSPS) is 17.1. The topological polar surface area (TPSA) is 89.8 Å². The first-order valence-corrected chi connectivity index (χ1v) is 4.86. The van der Waals surface area contributed by atoms with Gasteiger partial charge in [0.1, 0.15) is 5.82 Å². The van der Waals surface area contributed by atoms with Crippen molar-refractivity contribution in [3.8, 4) is 0 Å². The van der Waals surface area contributed by atoms with E-state index in [4.69, 9.17) is 11.5 Å². The van der Waals surface area contributed by atoms with Gasteiger partial charge >= 0.3 is 0 Å². The van der Waals surface area contributed by atoms with Gasteiger partial charge in [0, 0.05) is 11.8 Å². The Bertz CT molecular complexity index is 324. The van der Waals surface area contributed by atoms with E-state index in [-0.39, 0.29) is 18.4 Å². The van der Waals surface area contributed by atoms with E-state index in [1.807, 2.05) is 0 Å². The van der Waals surface area contributed by atoms with Gasteiger partial charge in [-0.1, -0.05) is 0 Å². The summed E-state index contributed by atoms with van der Waals surface area (Å²) in [6.45, 7) is 2.07. The molecule has 1 aliphatic heterocycles. The Morgan fingerprint density at radius 3 is 2.53 bits per heavy atom. The first kappa shape index (κ1) is 12.0. The standard InChI is InChI=1S/C9H15N5.ClH/c10-8-7(5-13-9(11)14-8)6-1-3-12-4-2-6;/h5-6,12H,1-4H2,(H4,10,11,13,14);1H. The Balaban J connectivity index is 0.00000112. The third-order valence-electron chi connectivity index (χ3n) is 2.65. The van der Waals surface area contributed by atoms with Gasteiger partial charge in [0.15, 0.2) is 0 Å². The minimum Gasteiger partial charge on any atom is -0.383 e. The predicted molar refractivity (Wildman–Crippen MR) is 62.9 cm³/mol. The maximum Gasteiger partial charge on any atom is 0.221 e. The molecule has 1 saturated heterocycles. The molecule has 1 aromatic rings. The Morgan fingerprint density at radius 1 is 1.27 bits per heavy atom. The Kier molecular flexibility index (Phi) is 4.11. The van der Waals surface area contributed by atoms with Gasteiger partial charge in [-0.25, -0.2) is 4.98 Å². The number of aromatic nitrogens is 2. The molecular formula is C9H16ClN5. The molecule has 1 fully saturated rings. The van der Waals surface area contributed by atoms with E-state index >= 15 is 0 Å². The molecule has 0 atom stereocenters. The van der Waals surface area contributed by atoms with Gasteiger partial charge in [0.2, 0.25) is 5.95 Å². The summed E-state index contributed by atoms with van der Waals surface area (Å²) in [6.07, 6.45) is 3.95. The van der Waals surface area contributed by atoms with Crippen molar-refractivity contribution in [3.05, 3.63) is 11.8 Å². The largest absolute Gasteiger partial charge is 0.383 e. The SMILES string of the molecule is Cl.Nc1ncc(C2CCNCC2)c(N)n1. The molecule has 5 nitrogen and oxygen atoms in total. The van der Waals surface area contributed by atoms with Gasteiger partial charge in [-0.3, -0.25) is 0 Å². The van der Waals surface area contributed by atoms with E-state index in [1.165, 1.54) is 0 Å². The van der Waals surface area contributed by atoms with Gasteiger partial charge in [-0.05, 0) is 31.8 Å². The highest BCUT2D eigenvalue weighted by atomic mass is 35.5. The first-order chi connectivity index (χ1) is 6.77. The molecule has 2 heterocycles. The lowest BCUT2D eigenvalue weighted by molar-refractivity contribution is 0.460. The molecule has 15 heavy (non-hydrogen) atoms. The van der Waals surface area contributed by atoms with Crippen LogP contribution in [-0.2, 0) is 0 Å². The number of nitrogens with zero attached hydrogens (tertiary/aromatic N) is 2. The zero-order valence-corrected chi connectivity index (χ0v) is 9.26. The number of nitrogen functional groups attached to an aromatic ring is 2. The molecule has 0 aliphatic carbocycles. The van der Waals surface area contributed by atoms with Crippen molar-refractivity contribution < 1.29 is 0 Å². The van der Waals surface area contributed by atoms with E-state index in [9.17, 15) is 0 Å². The van der Waals surface area contributed by atoms with E-state index in [0.29, 0.717) is 11.7 Å². The van der Waals surface area contributed by atoms with Crippen molar-refractivity contribution in [2.75, 3.05) is 24.6 Å². The Hall–Kier alpha value is -1.07. The van der Waals surface area contributed by atoms with Gasteiger partial charge in [-0.15, -0.1) is 12.4 Å². The second-order valence-electron chi connectivity index (χ2n) is 3.59. The second-order valence-corrected chi connectivity index (χ2v) is 3.59. The van der Waals surface area contributed by atoms with Crippen LogP contribution in [0.5, 0.6) is 0 Å². The average Bonchev–Trinajstić information content (AvgIpc) is 2.19. The van der Waals surface area contributed by atoms with Crippen LogP contribution in [0.3, 0.4) is 0 Å². The zero-order chi connectivity index (χ0) is 9.97. The fourth-order valence-corrected chi connectivity index (χ4v) is 1.87. The smallest absolute Gasteiger partial charge is 0.221 e. The van der Waals surface area contributed by atoms with Crippen LogP contribution in [0.25, 0.3) is 0 Å². The molecule has 84 valence electrons. The summed E-state index contributed by atoms with van der Waals surface area (Å²) in [4.78, 5) is 7.95. The predicted octanol–water partition coefficient (Wildman–Crippen LogP) is 0.530. The summed E-state index contributed by atoms with van der Waals surface area (Å²) in [6, 6.07) is 0. The molecule has 0 radical (unpaired) electrons. The summed E-state index contributed by atoms with van der Waals surface area (Å²) < 4.78 is 0. The van der Waals surface area contributed by atoms with Crippen LogP contribution in [0.15, 0.2) is 6.20 Å². The van der Waals surface area contributed by atoms with Crippen LogP contribution in [0.2, 0.25) is 0 Å². The van der Waals surface area contributed by atoms with E-state index < -0.39 is 0 Å². The molecular weight excluding hydrogens is 214 g/mol. The molecule has 0 spiro atoms. The lowest BCUT2D eigenvalue weighted by atomic mass is 9.91. The fraction of sp³-hybridized carbons (Fsp3) is 0.556. The molecule has 0 aromatic carbocycles. The van der Waals surface area contributed by atoms with Crippen LogP contribution in [0.1, 0.15) is 24.3 Å². The van der Waals surface area contributed by atoms with E-state index in [0.717, 1.165) is 31.5 Å². The summed E-state index contributed by atoms with van der Waals surface area (Å²) in [5, 5.41) is 3.31. The first-order valence-electron chi connectivity index (χ1n) is 4.86. The summed E-state index contributed by atoms with van der Waals surface area (Å²) in [5.41, 5.74) is 12.3. The van der Waals surface area contributed by atoms with E-state index in [2.05, 4.69) is 15.3 Å². The van der Waals surface area contributed by atoms with Crippen LogP contribution in [0.4, 0.5) is 11.8 Å². The van der Waals surface area contributed by atoms with Gasteiger partial charge in [0.05, 0.1) is 0 Å². The Morgan fingerprint density at radius 2 is 1.93 bits per heavy atom. The molecule has 0 bridgehead atoms. The van der Waals surface area contributed by atoms with Crippen molar-refractivity contribution >= 4 is 24.2 Å². The minimum absolute atomic E-state index is 0. The summed E-state index contributed by atoms with van der Waals surface area (Å²) in [7, 11) is 0. The highest BCUT2D eigenvalue weighted by Crippen LogP contribution is 2.27. The molecule has 5 N–H and O–H groups in total. The zero-order valence-electron chi connectivity index (χ0n) is 8.44. The molecule has 1 aromatic heterocycles. The van der Waals surface area contributed by atoms with Gasteiger partial charge in [0.25, 0.3) is 0 Å². The molecule has 0 saturated carbocycles. The average molecular weight is 230 g/mol. The third-order valence-corrected chi connectivity index (χ3v) is 2.65. The summed E-state index contributed by atoms with van der Waals surface area (Å²) in [5.74, 6) is 1.27. The highest BCUT2D eigenvalue weighted by molar-refractivity contribution is 5.85. The maximum atomic E-state index is 5.80. The van der Waals surface area contributed by atoms with Crippen molar-refractivity contribution in [2.24, 2.45) is 0 Å². The van der Waals surface area contributed by atoms with Crippen LogP contribution in [-0.4, -0.2) is 23.1 Å².